The van der Waals surface area contributed by atoms with E-state index in [1.165, 1.54) is 0 Å². The third-order valence-corrected chi connectivity index (χ3v) is 3.20. The number of benzene rings is 1. The highest BCUT2D eigenvalue weighted by Gasteiger charge is 2.18. The zero-order valence-corrected chi connectivity index (χ0v) is 12.6. The molecule has 1 aromatic carbocycles. The van der Waals surface area contributed by atoms with E-state index in [1.807, 2.05) is 0 Å². The summed E-state index contributed by atoms with van der Waals surface area (Å²) in [5.74, 6) is 0.955. The van der Waals surface area contributed by atoms with Gasteiger partial charge in [0, 0.05) is 12.1 Å². The SMILES string of the molecule is Cc1nc(N)c(C)c(Oc2c(Cl)cc([N+](=O)[O-])cc2Cl)n1. The molecule has 2 aromatic rings. The first kappa shape index (κ1) is 15.3. The number of halogens is 2. The minimum Gasteiger partial charge on any atom is -0.435 e. The Hall–Kier alpha value is -2.12. The lowest BCUT2D eigenvalue weighted by molar-refractivity contribution is -0.384. The van der Waals surface area contributed by atoms with E-state index in [0.717, 1.165) is 12.1 Å². The van der Waals surface area contributed by atoms with E-state index in [4.69, 9.17) is 33.7 Å². The van der Waals surface area contributed by atoms with E-state index in [9.17, 15) is 10.1 Å². The third-order valence-electron chi connectivity index (χ3n) is 2.64. The van der Waals surface area contributed by atoms with Crippen LogP contribution in [0.5, 0.6) is 11.6 Å². The lowest BCUT2D eigenvalue weighted by atomic mass is 10.3. The van der Waals surface area contributed by atoms with Crippen LogP contribution in [0.15, 0.2) is 12.1 Å². The molecule has 0 unspecified atom stereocenters. The second-order valence-corrected chi connectivity index (χ2v) is 5.00. The fourth-order valence-electron chi connectivity index (χ4n) is 1.57. The first-order valence-corrected chi connectivity index (χ1v) is 6.47. The largest absolute Gasteiger partial charge is 0.435 e. The van der Waals surface area contributed by atoms with Crippen LogP contribution in [0.25, 0.3) is 0 Å². The Kier molecular flexibility index (Phi) is 4.15. The molecule has 1 aromatic heterocycles. The van der Waals surface area contributed by atoms with Crippen molar-refractivity contribution in [2.45, 2.75) is 13.8 Å². The normalized spacial score (nSPS) is 10.5. The van der Waals surface area contributed by atoms with E-state index in [1.54, 1.807) is 13.8 Å². The van der Waals surface area contributed by atoms with Crippen molar-refractivity contribution in [3.05, 3.63) is 43.7 Å². The molecule has 1 heterocycles. The summed E-state index contributed by atoms with van der Waals surface area (Å²) in [6.07, 6.45) is 0. The molecule has 2 rings (SSSR count). The summed E-state index contributed by atoms with van der Waals surface area (Å²) < 4.78 is 5.55. The van der Waals surface area contributed by atoms with Gasteiger partial charge in [0.1, 0.15) is 11.6 Å². The molecule has 0 aliphatic rings. The number of aromatic nitrogens is 2. The van der Waals surface area contributed by atoms with Crippen molar-refractivity contribution in [3.63, 3.8) is 0 Å². The minimum absolute atomic E-state index is 0.00318. The van der Waals surface area contributed by atoms with Gasteiger partial charge in [-0.2, -0.15) is 4.98 Å². The van der Waals surface area contributed by atoms with Gasteiger partial charge in [-0.15, -0.1) is 0 Å². The topological polar surface area (TPSA) is 104 Å². The molecule has 0 amide bonds. The average molecular weight is 329 g/mol. The van der Waals surface area contributed by atoms with Gasteiger partial charge in [-0.3, -0.25) is 10.1 Å². The Bertz CT molecular complexity index is 714. The Morgan fingerprint density at radius 2 is 1.81 bits per heavy atom. The number of nitro groups is 1. The van der Waals surface area contributed by atoms with Crippen molar-refractivity contribution < 1.29 is 9.66 Å². The highest BCUT2D eigenvalue weighted by Crippen LogP contribution is 2.39. The van der Waals surface area contributed by atoms with Crippen molar-refractivity contribution in [1.29, 1.82) is 0 Å². The van der Waals surface area contributed by atoms with Crippen LogP contribution in [0.3, 0.4) is 0 Å². The molecule has 7 nitrogen and oxygen atoms in total. The number of hydrogen-bond acceptors (Lipinski definition) is 6. The maximum absolute atomic E-state index is 10.7. The van der Waals surface area contributed by atoms with Gasteiger partial charge in [-0.05, 0) is 13.8 Å². The van der Waals surface area contributed by atoms with Crippen molar-refractivity contribution >= 4 is 34.7 Å². The molecule has 110 valence electrons. The number of rotatable bonds is 3. The number of non-ortho nitro benzene ring substituents is 1. The van der Waals surface area contributed by atoms with E-state index < -0.39 is 4.92 Å². The zero-order valence-electron chi connectivity index (χ0n) is 11.1. The van der Waals surface area contributed by atoms with Crippen LogP contribution in [0.2, 0.25) is 10.0 Å². The quantitative estimate of drug-likeness (QED) is 0.680. The van der Waals surface area contributed by atoms with Crippen LogP contribution in [-0.2, 0) is 0 Å². The number of anilines is 1. The maximum Gasteiger partial charge on any atom is 0.272 e. The van der Waals surface area contributed by atoms with E-state index in [0.29, 0.717) is 11.4 Å². The molecular weight excluding hydrogens is 319 g/mol. The highest BCUT2D eigenvalue weighted by atomic mass is 35.5. The lowest BCUT2D eigenvalue weighted by Crippen LogP contribution is -2.03. The number of nitro benzene ring substituents is 1. The van der Waals surface area contributed by atoms with Gasteiger partial charge < -0.3 is 10.5 Å². The van der Waals surface area contributed by atoms with Gasteiger partial charge in [0.2, 0.25) is 5.88 Å². The van der Waals surface area contributed by atoms with Gasteiger partial charge in [0.05, 0.1) is 20.5 Å². The average Bonchev–Trinajstić information content (AvgIpc) is 2.38. The maximum atomic E-state index is 10.7. The van der Waals surface area contributed by atoms with Crippen molar-refractivity contribution in [2.24, 2.45) is 0 Å². The number of nitrogens with two attached hydrogens (primary N) is 1. The van der Waals surface area contributed by atoms with Gasteiger partial charge >= 0.3 is 0 Å². The molecule has 0 radical (unpaired) electrons. The first-order chi connectivity index (χ1) is 9.79. The molecule has 0 saturated carbocycles. The summed E-state index contributed by atoms with van der Waals surface area (Å²) in [6, 6.07) is 2.30. The van der Waals surface area contributed by atoms with Gasteiger partial charge in [-0.25, -0.2) is 4.98 Å². The molecule has 21 heavy (non-hydrogen) atoms. The molecule has 9 heteroatoms. The highest BCUT2D eigenvalue weighted by molar-refractivity contribution is 6.37. The Morgan fingerprint density at radius 1 is 1.24 bits per heavy atom. The van der Waals surface area contributed by atoms with Crippen LogP contribution < -0.4 is 10.5 Å². The van der Waals surface area contributed by atoms with Gasteiger partial charge in [0.25, 0.3) is 5.69 Å². The van der Waals surface area contributed by atoms with Crippen LogP contribution in [-0.4, -0.2) is 14.9 Å². The van der Waals surface area contributed by atoms with E-state index in [-0.39, 0.29) is 33.2 Å². The summed E-state index contributed by atoms with van der Waals surface area (Å²) in [4.78, 5) is 18.2. The number of hydrogen-bond donors (Lipinski definition) is 1. The number of nitrogens with zero attached hydrogens (tertiary/aromatic N) is 3. The molecule has 0 aliphatic carbocycles. The van der Waals surface area contributed by atoms with Crippen molar-refractivity contribution in [3.8, 4) is 11.6 Å². The van der Waals surface area contributed by atoms with E-state index >= 15 is 0 Å². The summed E-state index contributed by atoms with van der Waals surface area (Å²) in [7, 11) is 0. The monoisotopic (exact) mass is 328 g/mol. The first-order valence-electron chi connectivity index (χ1n) is 5.71. The molecule has 0 saturated heterocycles. The molecule has 0 fully saturated rings. The fraction of sp³-hybridized carbons (Fsp3) is 0.167. The second kappa shape index (κ2) is 5.71. The van der Waals surface area contributed by atoms with Crippen LogP contribution in [0, 0.1) is 24.0 Å². The Balaban J connectivity index is 2.48. The van der Waals surface area contributed by atoms with Crippen molar-refractivity contribution in [1.82, 2.24) is 9.97 Å². The Morgan fingerprint density at radius 3 is 2.33 bits per heavy atom. The number of aryl methyl sites for hydroxylation is 1. The molecule has 0 aliphatic heterocycles. The number of nitrogen functional groups attached to an aromatic ring is 1. The number of ether oxygens (including phenoxy) is 1. The molecule has 2 N–H and O–H groups in total. The summed E-state index contributed by atoms with van der Waals surface area (Å²) in [5.41, 5.74) is 6.02. The van der Waals surface area contributed by atoms with Crippen LogP contribution in [0.4, 0.5) is 11.5 Å². The van der Waals surface area contributed by atoms with Gasteiger partial charge in [0.15, 0.2) is 5.75 Å². The van der Waals surface area contributed by atoms with Crippen LogP contribution >= 0.6 is 23.2 Å². The smallest absolute Gasteiger partial charge is 0.272 e. The lowest BCUT2D eigenvalue weighted by Gasteiger charge is -2.12. The summed E-state index contributed by atoms with van der Waals surface area (Å²) in [6.45, 7) is 3.33. The molecular formula is C12H10Cl2N4O3. The molecule has 0 bridgehead atoms. The second-order valence-electron chi connectivity index (χ2n) is 4.18. The molecule has 0 spiro atoms. The summed E-state index contributed by atoms with van der Waals surface area (Å²) in [5, 5.41) is 10.7. The zero-order chi connectivity index (χ0) is 15.7. The van der Waals surface area contributed by atoms with Crippen molar-refractivity contribution in [2.75, 3.05) is 5.73 Å². The van der Waals surface area contributed by atoms with Crippen LogP contribution in [0.1, 0.15) is 11.4 Å². The standard InChI is InChI=1S/C12H10Cl2N4O3/c1-5-11(15)16-6(2)17-12(5)21-10-8(13)3-7(18(19)20)4-9(10)14/h3-4H,1-2H3,(H2,15,16,17). The predicted molar refractivity (Wildman–Crippen MR) is 79.1 cm³/mol. The molecule has 0 atom stereocenters. The van der Waals surface area contributed by atoms with Gasteiger partial charge in [-0.1, -0.05) is 23.2 Å². The van der Waals surface area contributed by atoms with E-state index in [2.05, 4.69) is 9.97 Å². The summed E-state index contributed by atoms with van der Waals surface area (Å²) >= 11 is 11.9. The minimum atomic E-state index is -0.598. The third kappa shape index (κ3) is 3.14. The Labute approximate surface area is 129 Å². The fourth-order valence-corrected chi connectivity index (χ4v) is 2.12. The predicted octanol–water partition coefficient (Wildman–Crippen LogP) is 3.68.